The molecule has 0 unspecified atom stereocenters. The van der Waals surface area contributed by atoms with Gasteiger partial charge in [0, 0.05) is 0 Å². The molecule has 1 aromatic carbocycles. The molecule has 0 aromatic heterocycles. The molecule has 0 saturated carbocycles. The highest BCUT2D eigenvalue weighted by Gasteiger charge is 2.42. The molecule has 0 saturated heterocycles. The summed E-state index contributed by atoms with van der Waals surface area (Å²) in [5.41, 5.74) is 2.13. The third-order valence-corrected chi connectivity index (χ3v) is 1.95. The zero-order valence-electron chi connectivity index (χ0n) is 9.29. The molecule has 0 fully saturated rings. The zero-order valence-corrected chi connectivity index (χ0v) is 9.29. The number of hydrogen-bond donors (Lipinski definition) is 2. The van der Waals surface area contributed by atoms with Crippen LogP contribution in [-0.4, -0.2) is 19.1 Å². The van der Waals surface area contributed by atoms with Gasteiger partial charge in [-0.3, -0.25) is 10.2 Å². The van der Waals surface area contributed by atoms with Crippen molar-refractivity contribution >= 4 is 5.91 Å². The summed E-state index contributed by atoms with van der Waals surface area (Å²) in [5, 5.41) is 0. The van der Waals surface area contributed by atoms with Gasteiger partial charge in [0.1, 0.15) is 0 Å². The van der Waals surface area contributed by atoms with Crippen LogP contribution in [0, 0.1) is 6.92 Å². The van der Waals surface area contributed by atoms with E-state index in [4.69, 9.17) is 4.74 Å². The minimum Gasteiger partial charge on any atom is -0.493 e. The molecule has 3 N–H and O–H groups in total. The van der Waals surface area contributed by atoms with Crippen molar-refractivity contribution in [1.29, 1.82) is 0 Å². The topological polar surface area (TPSA) is 73.6 Å². The van der Waals surface area contributed by atoms with Crippen LogP contribution in [0.2, 0.25) is 0 Å². The molecule has 5 nitrogen and oxygen atoms in total. The molecule has 0 aliphatic heterocycles. The Bertz CT molecular complexity index is 424. The second-order valence-electron chi connectivity index (χ2n) is 3.25. The fourth-order valence-electron chi connectivity index (χ4n) is 1.13. The SMILES string of the molecule is COc1cc(C)ccc1OC(F)(F)C(=O)NN. The number of hydrazine groups is 1. The average Bonchev–Trinajstić information content (AvgIpc) is 2.30. The summed E-state index contributed by atoms with van der Waals surface area (Å²) in [5.74, 6) is 2.74. The number of alkyl halides is 2. The second kappa shape index (κ2) is 4.96. The normalized spacial score (nSPS) is 10.9. The third-order valence-electron chi connectivity index (χ3n) is 1.95. The summed E-state index contributed by atoms with van der Waals surface area (Å²) in [4.78, 5) is 10.8. The van der Waals surface area contributed by atoms with Gasteiger partial charge in [0.2, 0.25) is 0 Å². The van der Waals surface area contributed by atoms with Crippen molar-refractivity contribution in [2.45, 2.75) is 13.0 Å². The summed E-state index contributed by atoms with van der Waals surface area (Å²) in [6, 6.07) is 4.34. The first-order chi connectivity index (χ1) is 7.90. The molecule has 0 aliphatic rings. The lowest BCUT2D eigenvalue weighted by Crippen LogP contribution is -2.47. The molecule has 0 heterocycles. The lowest BCUT2D eigenvalue weighted by Gasteiger charge is -2.17. The Hall–Kier alpha value is -1.89. The van der Waals surface area contributed by atoms with E-state index in [0.29, 0.717) is 0 Å². The van der Waals surface area contributed by atoms with E-state index < -0.39 is 12.0 Å². The van der Waals surface area contributed by atoms with Crippen molar-refractivity contribution in [3.63, 3.8) is 0 Å². The highest BCUT2D eigenvalue weighted by Crippen LogP contribution is 2.32. The van der Waals surface area contributed by atoms with Crippen molar-refractivity contribution < 1.29 is 23.0 Å². The maximum absolute atomic E-state index is 13.2. The molecule has 0 bridgehead atoms. The number of carbonyl (C=O) groups excluding carboxylic acids is 1. The lowest BCUT2D eigenvalue weighted by molar-refractivity contribution is -0.193. The Kier molecular flexibility index (Phi) is 3.84. The molecule has 1 rings (SSSR count). The number of halogens is 2. The van der Waals surface area contributed by atoms with E-state index in [9.17, 15) is 13.6 Å². The number of hydrogen-bond acceptors (Lipinski definition) is 4. The van der Waals surface area contributed by atoms with E-state index in [1.54, 1.807) is 13.0 Å². The first kappa shape index (κ1) is 13.2. The van der Waals surface area contributed by atoms with E-state index in [-0.39, 0.29) is 11.5 Å². The number of aryl methyl sites for hydroxylation is 1. The Morgan fingerprint density at radius 3 is 2.59 bits per heavy atom. The lowest BCUT2D eigenvalue weighted by atomic mass is 10.2. The van der Waals surface area contributed by atoms with Gasteiger partial charge in [-0.1, -0.05) is 6.07 Å². The second-order valence-corrected chi connectivity index (χ2v) is 3.25. The fourth-order valence-corrected chi connectivity index (χ4v) is 1.13. The molecular weight excluding hydrogens is 234 g/mol. The Morgan fingerprint density at radius 2 is 2.06 bits per heavy atom. The van der Waals surface area contributed by atoms with E-state index >= 15 is 0 Å². The summed E-state index contributed by atoms with van der Waals surface area (Å²) in [7, 11) is 1.31. The molecule has 7 heteroatoms. The number of rotatable bonds is 4. The van der Waals surface area contributed by atoms with Gasteiger partial charge >= 0.3 is 12.0 Å². The molecule has 0 radical (unpaired) electrons. The van der Waals surface area contributed by atoms with Gasteiger partial charge in [-0.25, -0.2) is 5.84 Å². The predicted octanol–water partition coefficient (Wildman–Crippen LogP) is 0.965. The molecule has 0 atom stereocenters. The number of ether oxygens (including phenoxy) is 2. The minimum atomic E-state index is -4.06. The summed E-state index contributed by atoms with van der Waals surface area (Å²) in [6.07, 6.45) is -4.06. The highest BCUT2D eigenvalue weighted by molar-refractivity contribution is 5.81. The van der Waals surface area contributed by atoms with Gasteiger partial charge in [-0.05, 0) is 24.6 Å². The van der Waals surface area contributed by atoms with Crippen LogP contribution in [0.1, 0.15) is 5.56 Å². The van der Waals surface area contributed by atoms with Crippen LogP contribution in [0.25, 0.3) is 0 Å². The number of nitrogens with one attached hydrogen (secondary N) is 1. The number of carbonyl (C=O) groups is 1. The summed E-state index contributed by atoms with van der Waals surface area (Å²) in [6.45, 7) is 1.76. The van der Waals surface area contributed by atoms with Gasteiger partial charge in [0.25, 0.3) is 0 Å². The molecule has 0 aliphatic carbocycles. The number of methoxy groups -OCH3 is 1. The van der Waals surface area contributed by atoms with Crippen LogP contribution in [-0.2, 0) is 4.79 Å². The summed E-state index contributed by atoms with van der Waals surface area (Å²) >= 11 is 0. The first-order valence-corrected chi connectivity index (χ1v) is 4.63. The number of nitrogens with two attached hydrogens (primary N) is 1. The molecule has 1 aromatic rings. The van der Waals surface area contributed by atoms with E-state index in [1.165, 1.54) is 24.7 Å². The summed E-state index contributed by atoms with van der Waals surface area (Å²) < 4.78 is 35.4. The van der Waals surface area contributed by atoms with Crippen molar-refractivity contribution in [1.82, 2.24) is 5.43 Å². The standard InChI is InChI=1S/C10H12F2N2O3/c1-6-3-4-7(8(5-6)16-2)17-10(11,12)9(15)14-13/h3-5H,13H2,1-2H3,(H,14,15). The van der Waals surface area contributed by atoms with Crippen LogP contribution < -0.4 is 20.7 Å². The van der Waals surface area contributed by atoms with Crippen molar-refractivity contribution in [2.75, 3.05) is 7.11 Å². The maximum Gasteiger partial charge on any atom is 0.483 e. The largest absolute Gasteiger partial charge is 0.493 e. The molecule has 17 heavy (non-hydrogen) atoms. The van der Waals surface area contributed by atoms with Crippen molar-refractivity contribution in [3.05, 3.63) is 23.8 Å². The van der Waals surface area contributed by atoms with Crippen LogP contribution in [0.15, 0.2) is 18.2 Å². The number of amides is 1. The molecule has 94 valence electrons. The van der Waals surface area contributed by atoms with E-state index in [2.05, 4.69) is 10.6 Å². The van der Waals surface area contributed by atoms with Crippen LogP contribution in [0.5, 0.6) is 11.5 Å². The first-order valence-electron chi connectivity index (χ1n) is 4.63. The van der Waals surface area contributed by atoms with Gasteiger partial charge < -0.3 is 9.47 Å². The van der Waals surface area contributed by atoms with Gasteiger partial charge in [-0.15, -0.1) is 0 Å². The quantitative estimate of drug-likeness (QED) is 0.471. The van der Waals surface area contributed by atoms with E-state index in [0.717, 1.165) is 5.56 Å². The fraction of sp³-hybridized carbons (Fsp3) is 0.300. The van der Waals surface area contributed by atoms with Gasteiger partial charge in [0.15, 0.2) is 11.5 Å². The van der Waals surface area contributed by atoms with Gasteiger partial charge in [0.05, 0.1) is 7.11 Å². The van der Waals surface area contributed by atoms with Crippen molar-refractivity contribution in [2.24, 2.45) is 5.84 Å². The van der Waals surface area contributed by atoms with Crippen molar-refractivity contribution in [3.8, 4) is 11.5 Å². The zero-order chi connectivity index (χ0) is 13.1. The monoisotopic (exact) mass is 246 g/mol. The Labute approximate surface area is 96.5 Å². The third kappa shape index (κ3) is 3.04. The molecule has 0 spiro atoms. The smallest absolute Gasteiger partial charge is 0.483 e. The van der Waals surface area contributed by atoms with Gasteiger partial charge in [-0.2, -0.15) is 8.78 Å². The average molecular weight is 246 g/mol. The molecule has 1 amide bonds. The Morgan fingerprint density at radius 1 is 1.41 bits per heavy atom. The van der Waals surface area contributed by atoms with Crippen LogP contribution in [0.3, 0.4) is 0 Å². The molecular formula is C10H12F2N2O3. The number of benzene rings is 1. The van der Waals surface area contributed by atoms with Crippen LogP contribution >= 0.6 is 0 Å². The minimum absolute atomic E-state index is 0.106. The van der Waals surface area contributed by atoms with Crippen LogP contribution in [0.4, 0.5) is 8.78 Å². The predicted molar refractivity (Wildman–Crippen MR) is 55.6 cm³/mol. The maximum atomic E-state index is 13.2. The highest BCUT2D eigenvalue weighted by atomic mass is 19.3. The van der Waals surface area contributed by atoms with E-state index in [1.807, 2.05) is 0 Å². The Balaban J connectivity index is 2.98.